The third-order valence-electron chi connectivity index (χ3n) is 3.65. The van der Waals surface area contributed by atoms with E-state index in [2.05, 4.69) is 4.79 Å². The van der Waals surface area contributed by atoms with Crippen LogP contribution in [-0.2, 0) is 19.0 Å². The van der Waals surface area contributed by atoms with Crippen molar-refractivity contribution < 1.29 is 23.8 Å². The molecule has 6 nitrogen and oxygen atoms in total. The molecule has 0 aromatic carbocycles. The Morgan fingerprint density at radius 3 is 3.00 bits per heavy atom. The molecule has 0 amide bonds. The van der Waals surface area contributed by atoms with Crippen molar-refractivity contribution in [1.82, 2.24) is 0 Å². The van der Waals surface area contributed by atoms with Gasteiger partial charge >= 0.3 is 11.7 Å². The van der Waals surface area contributed by atoms with Crippen molar-refractivity contribution >= 4 is 11.7 Å². The summed E-state index contributed by atoms with van der Waals surface area (Å²) in [4.78, 5) is 15.1. The maximum atomic E-state index is 12.0. The van der Waals surface area contributed by atoms with Gasteiger partial charge in [-0.2, -0.15) is 4.79 Å². The summed E-state index contributed by atoms with van der Waals surface area (Å²) in [5, 5.41) is 0. The number of nitrogens with zero attached hydrogens (tertiary/aromatic N) is 2. The highest BCUT2D eigenvalue weighted by Gasteiger charge is 2.31. The lowest BCUT2D eigenvalue weighted by Gasteiger charge is -2.17. The SMILES string of the molecule is COC1C=C(C(=[N+]=[N-])C(=O)OCC2CCCO2)CCC1. The lowest BCUT2D eigenvalue weighted by atomic mass is 9.94. The van der Waals surface area contributed by atoms with Gasteiger partial charge in [0, 0.05) is 19.3 Å². The maximum absolute atomic E-state index is 12.0. The normalized spacial score (nSPS) is 25.8. The van der Waals surface area contributed by atoms with Crippen molar-refractivity contribution in [3.63, 3.8) is 0 Å². The average molecular weight is 280 g/mol. The van der Waals surface area contributed by atoms with Crippen molar-refractivity contribution in [1.29, 1.82) is 0 Å². The fourth-order valence-corrected chi connectivity index (χ4v) is 2.52. The molecule has 1 aliphatic carbocycles. The minimum Gasteiger partial charge on any atom is -0.454 e. The number of hydrogen-bond donors (Lipinski definition) is 0. The molecular formula is C14H20N2O4. The van der Waals surface area contributed by atoms with E-state index in [-0.39, 0.29) is 24.5 Å². The van der Waals surface area contributed by atoms with Gasteiger partial charge in [0.2, 0.25) is 0 Å². The van der Waals surface area contributed by atoms with Crippen LogP contribution in [0.1, 0.15) is 32.1 Å². The molecule has 2 aliphatic rings. The van der Waals surface area contributed by atoms with Crippen LogP contribution < -0.4 is 0 Å². The van der Waals surface area contributed by atoms with E-state index in [1.807, 2.05) is 6.08 Å². The average Bonchev–Trinajstić information content (AvgIpc) is 2.99. The van der Waals surface area contributed by atoms with Crippen LogP contribution in [0.2, 0.25) is 0 Å². The van der Waals surface area contributed by atoms with Crippen molar-refractivity contribution in [2.45, 2.75) is 44.3 Å². The van der Waals surface area contributed by atoms with Crippen molar-refractivity contribution in [3.8, 4) is 0 Å². The zero-order valence-corrected chi connectivity index (χ0v) is 11.7. The second-order valence-electron chi connectivity index (χ2n) is 5.04. The van der Waals surface area contributed by atoms with Crippen molar-refractivity contribution in [2.75, 3.05) is 20.3 Å². The molecule has 0 spiro atoms. The Morgan fingerprint density at radius 2 is 2.35 bits per heavy atom. The van der Waals surface area contributed by atoms with Gasteiger partial charge in [0.05, 0.1) is 12.2 Å². The Kier molecular flexibility index (Phi) is 5.47. The summed E-state index contributed by atoms with van der Waals surface area (Å²) in [6, 6.07) is 0. The summed E-state index contributed by atoms with van der Waals surface area (Å²) in [7, 11) is 1.62. The second-order valence-corrected chi connectivity index (χ2v) is 5.04. The zero-order valence-electron chi connectivity index (χ0n) is 11.7. The van der Waals surface area contributed by atoms with Crippen LogP contribution in [-0.4, -0.2) is 49.0 Å². The van der Waals surface area contributed by atoms with Gasteiger partial charge in [0.25, 0.3) is 0 Å². The molecule has 0 radical (unpaired) electrons. The zero-order chi connectivity index (χ0) is 14.4. The first-order chi connectivity index (χ1) is 9.74. The summed E-state index contributed by atoms with van der Waals surface area (Å²) >= 11 is 0. The van der Waals surface area contributed by atoms with Gasteiger partial charge in [-0.15, -0.1) is 0 Å². The highest BCUT2D eigenvalue weighted by molar-refractivity contribution is 6.40. The minimum absolute atomic E-state index is 0.0234. The van der Waals surface area contributed by atoms with Crippen LogP contribution in [0.25, 0.3) is 5.53 Å². The summed E-state index contributed by atoms with van der Waals surface area (Å²) in [5.74, 6) is -0.606. The van der Waals surface area contributed by atoms with Crippen LogP contribution in [0.4, 0.5) is 0 Å². The molecule has 0 aromatic rings. The van der Waals surface area contributed by atoms with E-state index < -0.39 is 5.97 Å². The van der Waals surface area contributed by atoms with Crippen LogP contribution in [0.15, 0.2) is 11.6 Å². The standard InChI is InChI=1S/C14H20N2O4/c1-18-11-5-2-4-10(8-11)13(16-15)14(17)20-9-12-6-3-7-19-12/h8,11-12H,2-7,9H2,1H3. The monoisotopic (exact) mass is 280 g/mol. The lowest BCUT2D eigenvalue weighted by molar-refractivity contribution is -0.143. The summed E-state index contributed by atoms with van der Waals surface area (Å²) in [6.07, 6.45) is 6.12. The smallest absolute Gasteiger partial charge is 0.422 e. The number of esters is 1. The number of ether oxygens (including phenoxy) is 3. The van der Waals surface area contributed by atoms with E-state index in [1.54, 1.807) is 7.11 Å². The Hall–Kier alpha value is -1.49. The molecule has 2 atom stereocenters. The van der Waals surface area contributed by atoms with E-state index in [0.29, 0.717) is 18.6 Å². The Balaban J connectivity index is 1.95. The number of hydrogen-bond acceptors (Lipinski definition) is 4. The predicted octanol–water partition coefficient (Wildman–Crippen LogP) is 1.50. The topological polar surface area (TPSA) is 81.2 Å². The minimum atomic E-state index is -0.606. The molecule has 6 heteroatoms. The van der Waals surface area contributed by atoms with Crippen molar-refractivity contribution in [3.05, 3.63) is 17.2 Å². The Labute approximate surface area is 118 Å². The third-order valence-corrected chi connectivity index (χ3v) is 3.65. The molecule has 1 aliphatic heterocycles. The van der Waals surface area contributed by atoms with Gasteiger partial charge in [0.15, 0.2) is 0 Å². The van der Waals surface area contributed by atoms with Gasteiger partial charge in [0.1, 0.15) is 6.61 Å². The maximum Gasteiger partial charge on any atom is 0.422 e. The molecule has 0 bridgehead atoms. The molecule has 2 unspecified atom stereocenters. The van der Waals surface area contributed by atoms with Crippen LogP contribution >= 0.6 is 0 Å². The van der Waals surface area contributed by atoms with Gasteiger partial charge in [-0.3, -0.25) is 0 Å². The number of rotatable bonds is 5. The van der Waals surface area contributed by atoms with E-state index in [0.717, 1.165) is 25.7 Å². The fraction of sp³-hybridized carbons (Fsp3) is 0.714. The molecule has 0 aromatic heterocycles. The fourth-order valence-electron chi connectivity index (χ4n) is 2.52. The molecule has 1 fully saturated rings. The second kappa shape index (κ2) is 7.33. The quantitative estimate of drug-likeness (QED) is 0.331. The number of carbonyl (C=O) groups is 1. The van der Waals surface area contributed by atoms with E-state index in [4.69, 9.17) is 19.7 Å². The van der Waals surface area contributed by atoms with Gasteiger partial charge < -0.3 is 19.7 Å². The van der Waals surface area contributed by atoms with Crippen LogP contribution in [0.5, 0.6) is 0 Å². The molecule has 20 heavy (non-hydrogen) atoms. The lowest BCUT2D eigenvalue weighted by Crippen LogP contribution is -2.27. The van der Waals surface area contributed by atoms with Gasteiger partial charge in [-0.25, -0.2) is 4.79 Å². The molecule has 1 heterocycles. The van der Waals surface area contributed by atoms with E-state index >= 15 is 0 Å². The van der Waals surface area contributed by atoms with E-state index in [1.165, 1.54) is 0 Å². The summed E-state index contributed by atoms with van der Waals surface area (Å²) in [6.45, 7) is 0.919. The molecular weight excluding hydrogens is 260 g/mol. The first-order valence-electron chi connectivity index (χ1n) is 6.99. The van der Waals surface area contributed by atoms with Crippen LogP contribution in [0, 0.1) is 0 Å². The van der Waals surface area contributed by atoms with E-state index in [9.17, 15) is 4.79 Å². The first-order valence-corrected chi connectivity index (χ1v) is 6.99. The highest BCUT2D eigenvalue weighted by atomic mass is 16.6. The number of methoxy groups -OCH3 is 1. The summed E-state index contributed by atoms with van der Waals surface area (Å²) in [5.41, 5.74) is 9.73. The molecule has 2 rings (SSSR count). The third kappa shape index (κ3) is 3.76. The highest BCUT2D eigenvalue weighted by Crippen LogP contribution is 2.21. The Bertz CT molecular complexity index is 434. The largest absolute Gasteiger partial charge is 0.454 e. The Morgan fingerprint density at radius 1 is 1.50 bits per heavy atom. The number of carbonyl (C=O) groups excluding carboxylic acids is 1. The first kappa shape index (κ1) is 14.9. The molecule has 110 valence electrons. The molecule has 1 saturated heterocycles. The molecule has 0 N–H and O–H groups in total. The van der Waals surface area contributed by atoms with Gasteiger partial charge in [-0.1, -0.05) is 0 Å². The van der Waals surface area contributed by atoms with Crippen LogP contribution in [0.3, 0.4) is 0 Å². The molecule has 0 saturated carbocycles. The predicted molar refractivity (Wildman–Crippen MR) is 71.3 cm³/mol. The van der Waals surface area contributed by atoms with Crippen molar-refractivity contribution in [2.24, 2.45) is 0 Å². The summed E-state index contributed by atoms with van der Waals surface area (Å²) < 4.78 is 15.8. The van der Waals surface area contributed by atoms with Gasteiger partial charge in [-0.05, 0) is 38.2 Å².